The van der Waals surface area contributed by atoms with Gasteiger partial charge >= 0.3 is 0 Å². The van der Waals surface area contributed by atoms with Gasteiger partial charge in [0.2, 0.25) is 5.88 Å². The number of hydrogen-bond donors (Lipinski definition) is 1. The van der Waals surface area contributed by atoms with Gasteiger partial charge < -0.3 is 10.5 Å². The van der Waals surface area contributed by atoms with Crippen molar-refractivity contribution in [1.29, 1.82) is 0 Å². The molecule has 2 N–H and O–H groups in total. The quantitative estimate of drug-likeness (QED) is 0.881. The molecule has 2 rings (SSSR count). The summed E-state index contributed by atoms with van der Waals surface area (Å²) in [7, 11) is 1.65. The summed E-state index contributed by atoms with van der Waals surface area (Å²) in [6.45, 7) is 5.26. The van der Waals surface area contributed by atoms with Crippen LogP contribution >= 0.6 is 0 Å². The first kappa shape index (κ1) is 13.3. The van der Waals surface area contributed by atoms with Crippen molar-refractivity contribution in [3.63, 3.8) is 0 Å². The van der Waals surface area contributed by atoms with Gasteiger partial charge in [-0.05, 0) is 18.4 Å². The number of nitrogens with zero attached hydrogens (tertiary/aromatic N) is 2. The van der Waals surface area contributed by atoms with E-state index in [9.17, 15) is 0 Å². The normalized spacial score (nSPS) is 25.1. The van der Waals surface area contributed by atoms with Crippen molar-refractivity contribution in [2.75, 3.05) is 20.2 Å². The summed E-state index contributed by atoms with van der Waals surface area (Å²) in [5.74, 6) is 1.30. The molecular formula is C14H23N3O. The Labute approximate surface area is 109 Å². The zero-order chi connectivity index (χ0) is 13.0. The third kappa shape index (κ3) is 3.21. The molecule has 2 unspecified atom stereocenters. The number of methoxy groups -OCH3 is 1. The Morgan fingerprint density at radius 1 is 1.50 bits per heavy atom. The Bertz CT molecular complexity index is 383. The fraction of sp³-hybridized carbons (Fsp3) is 0.643. The number of nitrogens with two attached hydrogens (primary N) is 1. The second-order valence-electron chi connectivity index (χ2n) is 5.03. The predicted molar refractivity (Wildman–Crippen MR) is 72.4 cm³/mol. The van der Waals surface area contributed by atoms with Gasteiger partial charge in [-0.3, -0.25) is 4.90 Å². The van der Waals surface area contributed by atoms with E-state index >= 15 is 0 Å². The number of aromatic nitrogens is 1. The summed E-state index contributed by atoms with van der Waals surface area (Å²) in [6, 6.07) is 6.29. The molecule has 1 aliphatic heterocycles. The van der Waals surface area contributed by atoms with Gasteiger partial charge in [0.1, 0.15) is 0 Å². The molecule has 100 valence electrons. The lowest BCUT2D eigenvalue weighted by molar-refractivity contribution is 0.144. The van der Waals surface area contributed by atoms with Crippen LogP contribution in [0, 0.1) is 5.92 Å². The Kier molecular flexibility index (Phi) is 4.55. The molecular weight excluding hydrogens is 226 g/mol. The summed E-state index contributed by atoms with van der Waals surface area (Å²) in [5, 5.41) is 0. The van der Waals surface area contributed by atoms with Crippen LogP contribution in [0.2, 0.25) is 0 Å². The van der Waals surface area contributed by atoms with E-state index in [1.807, 2.05) is 12.1 Å². The smallest absolute Gasteiger partial charge is 0.213 e. The lowest BCUT2D eigenvalue weighted by Crippen LogP contribution is -2.46. The van der Waals surface area contributed by atoms with Crippen LogP contribution in [0.15, 0.2) is 18.2 Å². The van der Waals surface area contributed by atoms with Gasteiger partial charge in [0, 0.05) is 31.7 Å². The van der Waals surface area contributed by atoms with Gasteiger partial charge in [-0.15, -0.1) is 0 Å². The van der Waals surface area contributed by atoms with Gasteiger partial charge in [0.15, 0.2) is 0 Å². The zero-order valence-corrected chi connectivity index (χ0v) is 11.3. The molecule has 0 aromatic carbocycles. The summed E-state index contributed by atoms with van der Waals surface area (Å²) in [4.78, 5) is 6.90. The fourth-order valence-corrected chi connectivity index (χ4v) is 2.59. The van der Waals surface area contributed by atoms with Crippen LogP contribution in [0.5, 0.6) is 5.88 Å². The first-order valence-electron chi connectivity index (χ1n) is 6.70. The molecule has 2 atom stereocenters. The van der Waals surface area contributed by atoms with E-state index in [-0.39, 0.29) is 0 Å². The van der Waals surface area contributed by atoms with Gasteiger partial charge in [-0.2, -0.15) is 0 Å². The molecule has 1 aromatic rings. The predicted octanol–water partition coefficient (Wildman–Crippen LogP) is 1.65. The molecule has 0 radical (unpaired) electrons. The van der Waals surface area contributed by atoms with E-state index in [1.165, 1.54) is 0 Å². The van der Waals surface area contributed by atoms with E-state index in [1.54, 1.807) is 7.11 Å². The van der Waals surface area contributed by atoms with Crippen molar-refractivity contribution in [3.8, 4) is 5.88 Å². The molecule has 0 amide bonds. The summed E-state index contributed by atoms with van der Waals surface area (Å²) < 4.78 is 5.15. The Morgan fingerprint density at radius 2 is 2.33 bits per heavy atom. The SMILES string of the molecule is CCC1CN(Cc2cccc(OC)n2)CCC1N. The van der Waals surface area contributed by atoms with E-state index < -0.39 is 0 Å². The molecule has 1 saturated heterocycles. The highest BCUT2D eigenvalue weighted by Gasteiger charge is 2.25. The van der Waals surface area contributed by atoms with E-state index in [0.29, 0.717) is 17.8 Å². The second-order valence-corrected chi connectivity index (χ2v) is 5.03. The molecule has 0 spiro atoms. The highest BCUT2D eigenvalue weighted by molar-refractivity contribution is 5.15. The molecule has 1 aliphatic rings. The maximum absolute atomic E-state index is 6.13. The van der Waals surface area contributed by atoms with Crippen LogP contribution in [0.3, 0.4) is 0 Å². The second kappa shape index (κ2) is 6.16. The molecule has 18 heavy (non-hydrogen) atoms. The number of rotatable bonds is 4. The van der Waals surface area contributed by atoms with E-state index in [0.717, 1.165) is 38.2 Å². The van der Waals surface area contributed by atoms with Crippen molar-refractivity contribution >= 4 is 0 Å². The number of ether oxygens (including phenoxy) is 1. The highest BCUT2D eigenvalue weighted by Crippen LogP contribution is 2.20. The molecule has 0 aliphatic carbocycles. The molecule has 0 bridgehead atoms. The largest absolute Gasteiger partial charge is 0.481 e. The van der Waals surface area contributed by atoms with Gasteiger partial charge in [0.25, 0.3) is 0 Å². The Morgan fingerprint density at radius 3 is 3.06 bits per heavy atom. The molecule has 4 nitrogen and oxygen atoms in total. The van der Waals surface area contributed by atoms with Crippen LogP contribution in [0.1, 0.15) is 25.5 Å². The van der Waals surface area contributed by atoms with Gasteiger partial charge in [-0.25, -0.2) is 4.98 Å². The summed E-state index contributed by atoms with van der Waals surface area (Å²) in [5.41, 5.74) is 7.20. The topological polar surface area (TPSA) is 51.4 Å². The lowest BCUT2D eigenvalue weighted by atomic mass is 9.90. The van der Waals surface area contributed by atoms with Crippen LogP contribution in [0.4, 0.5) is 0 Å². The van der Waals surface area contributed by atoms with Crippen LogP contribution in [-0.4, -0.2) is 36.1 Å². The summed E-state index contributed by atoms with van der Waals surface area (Å²) in [6.07, 6.45) is 2.24. The van der Waals surface area contributed by atoms with Crippen molar-refractivity contribution in [1.82, 2.24) is 9.88 Å². The number of hydrogen-bond acceptors (Lipinski definition) is 4. The zero-order valence-electron chi connectivity index (χ0n) is 11.3. The third-order valence-electron chi connectivity index (χ3n) is 3.78. The summed E-state index contributed by atoms with van der Waals surface area (Å²) >= 11 is 0. The first-order chi connectivity index (χ1) is 8.72. The number of pyridine rings is 1. The number of piperidine rings is 1. The average Bonchev–Trinajstić information content (AvgIpc) is 2.41. The van der Waals surface area contributed by atoms with Crippen molar-refractivity contribution in [2.24, 2.45) is 11.7 Å². The highest BCUT2D eigenvalue weighted by atomic mass is 16.5. The van der Waals surface area contributed by atoms with Gasteiger partial charge in [-0.1, -0.05) is 19.4 Å². The van der Waals surface area contributed by atoms with Crippen molar-refractivity contribution < 1.29 is 4.74 Å². The fourth-order valence-electron chi connectivity index (χ4n) is 2.59. The van der Waals surface area contributed by atoms with Crippen molar-refractivity contribution in [2.45, 2.75) is 32.4 Å². The third-order valence-corrected chi connectivity index (χ3v) is 3.78. The molecule has 1 fully saturated rings. The van der Waals surface area contributed by atoms with Gasteiger partial charge in [0.05, 0.1) is 12.8 Å². The molecule has 1 aromatic heterocycles. The minimum absolute atomic E-state index is 0.365. The minimum Gasteiger partial charge on any atom is -0.481 e. The monoisotopic (exact) mass is 249 g/mol. The van der Waals surface area contributed by atoms with Crippen LogP contribution < -0.4 is 10.5 Å². The average molecular weight is 249 g/mol. The Balaban J connectivity index is 1.96. The molecule has 0 saturated carbocycles. The molecule has 2 heterocycles. The standard InChI is InChI=1S/C14H23N3O/c1-3-11-9-17(8-7-13(11)15)10-12-5-4-6-14(16-12)18-2/h4-6,11,13H,3,7-10,15H2,1-2H3. The number of likely N-dealkylation sites (tertiary alicyclic amines) is 1. The minimum atomic E-state index is 0.365. The van der Waals surface area contributed by atoms with Crippen LogP contribution in [0.25, 0.3) is 0 Å². The van der Waals surface area contributed by atoms with Crippen LogP contribution in [-0.2, 0) is 6.54 Å². The Hall–Kier alpha value is -1.13. The maximum Gasteiger partial charge on any atom is 0.213 e. The van der Waals surface area contributed by atoms with Crippen molar-refractivity contribution in [3.05, 3.63) is 23.9 Å². The van der Waals surface area contributed by atoms with E-state index in [4.69, 9.17) is 10.5 Å². The first-order valence-corrected chi connectivity index (χ1v) is 6.70. The van der Waals surface area contributed by atoms with E-state index in [2.05, 4.69) is 22.9 Å². The lowest BCUT2D eigenvalue weighted by Gasteiger charge is -2.36. The maximum atomic E-state index is 6.13. The molecule has 4 heteroatoms.